The van der Waals surface area contributed by atoms with Crippen molar-refractivity contribution in [2.45, 2.75) is 23.2 Å². The van der Waals surface area contributed by atoms with E-state index in [0.717, 1.165) is 13.0 Å². The summed E-state index contributed by atoms with van der Waals surface area (Å²) in [6.45, 7) is 1.22. The van der Waals surface area contributed by atoms with Crippen molar-refractivity contribution in [3.63, 3.8) is 0 Å². The predicted molar refractivity (Wildman–Crippen MR) is 75.8 cm³/mol. The first-order valence-corrected chi connectivity index (χ1v) is 8.12. The molecule has 0 amide bonds. The van der Waals surface area contributed by atoms with Crippen LogP contribution in [-0.2, 0) is 9.84 Å². The van der Waals surface area contributed by atoms with E-state index < -0.39 is 20.0 Å². The van der Waals surface area contributed by atoms with E-state index in [9.17, 15) is 18.5 Å². The maximum Gasteiger partial charge on any atom is 0.271 e. The Bertz CT molecular complexity index is 793. The minimum atomic E-state index is -3.56. The minimum Gasteiger partial charge on any atom is -0.329 e. The summed E-state index contributed by atoms with van der Waals surface area (Å²) in [6, 6.07) is 4.05. The number of fused-ring (bicyclic) bond motifs is 1. The third-order valence-electron chi connectivity index (χ3n) is 3.61. The molecule has 0 aliphatic carbocycles. The Kier molecular flexibility index (Phi) is 3.38. The summed E-state index contributed by atoms with van der Waals surface area (Å²) in [7, 11) is -3.56. The van der Waals surface area contributed by atoms with Crippen LogP contribution in [0.4, 0.5) is 5.69 Å². The van der Waals surface area contributed by atoms with Crippen LogP contribution in [0.5, 0.6) is 0 Å². The zero-order valence-electron chi connectivity index (χ0n) is 11.1. The number of piperidine rings is 1. The number of benzene rings is 1. The SMILES string of the molecule is O=[N+]([O-])c1ccc2nc(S(=O)(=O)[C@H]3CCCNC3)[nH]c2c1. The van der Waals surface area contributed by atoms with Crippen LogP contribution >= 0.6 is 0 Å². The molecule has 1 saturated heterocycles. The fourth-order valence-corrected chi connectivity index (χ4v) is 4.07. The van der Waals surface area contributed by atoms with Gasteiger partial charge in [0.25, 0.3) is 5.69 Å². The lowest BCUT2D eigenvalue weighted by Gasteiger charge is -2.21. The Balaban J connectivity index is 2.02. The molecule has 0 radical (unpaired) electrons. The van der Waals surface area contributed by atoms with Gasteiger partial charge < -0.3 is 10.3 Å². The highest BCUT2D eigenvalue weighted by Crippen LogP contribution is 2.24. The van der Waals surface area contributed by atoms with Gasteiger partial charge in [-0.05, 0) is 25.5 Å². The van der Waals surface area contributed by atoms with Crippen LogP contribution in [-0.4, -0.2) is 41.6 Å². The van der Waals surface area contributed by atoms with Gasteiger partial charge in [-0.15, -0.1) is 0 Å². The number of imidazole rings is 1. The normalized spacial score (nSPS) is 19.7. The molecule has 1 atom stereocenters. The number of nitrogens with one attached hydrogen (secondary N) is 2. The summed E-state index contributed by atoms with van der Waals surface area (Å²) in [5.74, 6) is 0. The Morgan fingerprint density at radius 2 is 2.19 bits per heavy atom. The first kappa shape index (κ1) is 14.0. The monoisotopic (exact) mass is 310 g/mol. The Morgan fingerprint density at radius 1 is 1.38 bits per heavy atom. The van der Waals surface area contributed by atoms with E-state index in [1.165, 1.54) is 18.2 Å². The number of aromatic nitrogens is 2. The highest BCUT2D eigenvalue weighted by atomic mass is 32.2. The topological polar surface area (TPSA) is 118 Å². The van der Waals surface area contributed by atoms with Gasteiger partial charge in [-0.25, -0.2) is 13.4 Å². The van der Waals surface area contributed by atoms with Gasteiger partial charge >= 0.3 is 0 Å². The molecule has 21 heavy (non-hydrogen) atoms. The molecular weight excluding hydrogens is 296 g/mol. The lowest BCUT2D eigenvalue weighted by molar-refractivity contribution is -0.384. The molecule has 3 rings (SSSR count). The molecule has 0 spiro atoms. The third-order valence-corrected chi connectivity index (χ3v) is 5.63. The van der Waals surface area contributed by atoms with Gasteiger partial charge in [0.15, 0.2) is 0 Å². The first-order valence-electron chi connectivity index (χ1n) is 6.57. The van der Waals surface area contributed by atoms with Crippen LogP contribution in [0.15, 0.2) is 23.4 Å². The Labute approximate surface area is 120 Å². The molecule has 2 heterocycles. The minimum absolute atomic E-state index is 0.102. The average Bonchev–Trinajstić information content (AvgIpc) is 2.91. The fourth-order valence-electron chi connectivity index (χ4n) is 2.47. The number of rotatable bonds is 3. The van der Waals surface area contributed by atoms with Gasteiger partial charge in [-0.3, -0.25) is 10.1 Å². The third kappa shape index (κ3) is 2.49. The van der Waals surface area contributed by atoms with E-state index in [-0.39, 0.29) is 10.8 Å². The highest BCUT2D eigenvalue weighted by Gasteiger charge is 2.31. The molecule has 1 fully saturated rings. The summed E-state index contributed by atoms with van der Waals surface area (Å²) in [6.07, 6.45) is 1.39. The Morgan fingerprint density at radius 3 is 2.86 bits per heavy atom. The quantitative estimate of drug-likeness (QED) is 0.645. The van der Waals surface area contributed by atoms with Crippen molar-refractivity contribution < 1.29 is 13.3 Å². The van der Waals surface area contributed by atoms with Crippen LogP contribution < -0.4 is 5.32 Å². The zero-order valence-corrected chi connectivity index (χ0v) is 11.9. The molecule has 0 saturated carbocycles. The van der Waals surface area contributed by atoms with E-state index in [1.54, 1.807) is 0 Å². The second-order valence-electron chi connectivity index (χ2n) is 5.01. The van der Waals surface area contributed by atoms with Crippen LogP contribution in [0.1, 0.15) is 12.8 Å². The van der Waals surface area contributed by atoms with Gasteiger partial charge in [0.05, 0.1) is 21.2 Å². The van der Waals surface area contributed by atoms with Crippen molar-refractivity contribution in [1.29, 1.82) is 0 Å². The number of nitro groups is 1. The first-order chi connectivity index (χ1) is 9.98. The van der Waals surface area contributed by atoms with Crippen molar-refractivity contribution in [1.82, 2.24) is 15.3 Å². The maximum atomic E-state index is 12.5. The van der Waals surface area contributed by atoms with Gasteiger partial charge in [0.1, 0.15) is 0 Å². The molecule has 0 bridgehead atoms. The van der Waals surface area contributed by atoms with Crippen LogP contribution in [0, 0.1) is 10.1 Å². The summed E-state index contributed by atoms with van der Waals surface area (Å²) < 4.78 is 25.0. The van der Waals surface area contributed by atoms with E-state index in [2.05, 4.69) is 15.3 Å². The van der Waals surface area contributed by atoms with Gasteiger partial charge in [0, 0.05) is 18.7 Å². The molecule has 1 aromatic carbocycles. The molecule has 1 aliphatic rings. The summed E-state index contributed by atoms with van der Waals surface area (Å²) in [5.41, 5.74) is 0.656. The van der Waals surface area contributed by atoms with Crippen molar-refractivity contribution >= 4 is 26.6 Å². The van der Waals surface area contributed by atoms with Crippen LogP contribution in [0.3, 0.4) is 0 Å². The number of hydrogen-bond donors (Lipinski definition) is 2. The smallest absolute Gasteiger partial charge is 0.271 e. The second kappa shape index (κ2) is 5.08. The number of aromatic amines is 1. The molecule has 112 valence electrons. The number of H-pyrrole nitrogens is 1. The maximum absolute atomic E-state index is 12.5. The largest absolute Gasteiger partial charge is 0.329 e. The van der Waals surface area contributed by atoms with Crippen molar-refractivity contribution in [2.24, 2.45) is 0 Å². The zero-order chi connectivity index (χ0) is 15.0. The molecule has 0 unspecified atom stereocenters. The van der Waals surface area contributed by atoms with Gasteiger partial charge in [0.2, 0.25) is 15.0 Å². The molecule has 1 aliphatic heterocycles. The summed E-state index contributed by atoms with van der Waals surface area (Å²) in [4.78, 5) is 17.0. The summed E-state index contributed by atoms with van der Waals surface area (Å²) in [5, 5.41) is 13.2. The van der Waals surface area contributed by atoms with E-state index in [0.29, 0.717) is 24.0 Å². The lowest BCUT2D eigenvalue weighted by Crippen LogP contribution is -2.39. The number of nitro benzene ring substituents is 1. The van der Waals surface area contributed by atoms with Crippen LogP contribution in [0.2, 0.25) is 0 Å². The number of hydrogen-bond acceptors (Lipinski definition) is 6. The lowest BCUT2D eigenvalue weighted by atomic mass is 10.2. The highest BCUT2D eigenvalue weighted by molar-refractivity contribution is 7.91. The number of sulfone groups is 1. The molecule has 2 N–H and O–H groups in total. The van der Waals surface area contributed by atoms with Crippen molar-refractivity contribution in [3.8, 4) is 0 Å². The standard InChI is InChI=1S/C12H14N4O4S/c17-16(18)8-3-4-10-11(6-8)15-12(14-10)21(19,20)9-2-1-5-13-7-9/h3-4,6,9,13H,1-2,5,7H2,(H,14,15)/t9-/m0/s1. The van der Waals surface area contributed by atoms with E-state index in [4.69, 9.17) is 0 Å². The van der Waals surface area contributed by atoms with Crippen molar-refractivity contribution in [3.05, 3.63) is 28.3 Å². The van der Waals surface area contributed by atoms with Gasteiger partial charge in [-0.1, -0.05) is 0 Å². The summed E-state index contributed by atoms with van der Waals surface area (Å²) >= 11 is 0. The molecule has 1 aromatic heterocycles. The van der Waals surface area contributed by atoms with Gasteiger partial charge in [-0.2, -0.15) is 0 Å². The molecule has 2 aromatic rings. The van der Waals surface area contributed by atoms with E-state index in [1.807, 2.05) is 0 Å². The number of non-ortho nitro benzene ring substituents is 1. The van der Waals surface area contributed by atoms with Crippen LogP contribution in [0.25, 0.3) is 11.0 Å². The molecule has 9 heteroatoms. The number of nitrogens with zero attached hydrogens (tertiary/aromatic N) is 2. The Hall–Kier alpha value is -2.00. The molecular formula is C12H14N4O4S. The molecule has 8 nitrogen and oxygen atoms in total. The fraction of sp³-hybridized carbons (Fsp3) is 0.417. The average molecular weight is 310 g/mol. The van der Waals surface area contributed by atoms with E-state index >= 15 is 0 Å². The second-order valence-corrected chi connectivity index (χ2v) is 7.16. The predicted octanol–water partition coefficient (Wildman–Crippen LogP) is 0.997. The van der Waals surface area contributed by atoms with Crippen molar-refractivity contribution in [2.75, 3.05) is 13.1 Å².